The summed E-state index contributed by atoms with van der Waals surface area (Å²) < 4.78 is 29.5. The average Bonchev–Trinajstić information content (AvgIpc) is 3.02. The molecule has 4 aromatic carbocycles. The Morgan fingerprint density at radius 3 is 2.11 bits per heavy atom. The Hall–Kier alpha value is -4.14. The fourth-order valence-electron chi connectivity index (χ4n) is 5.15. The van der Waals surface area contributed by atoms with E-state index in [1.165, 1.54) is 17.0 Å². The third-order valence-corrected chi connectivity index (χ3v) is 9.75. The van der Waals surface area contributed by atoms with Gasteiger partial charge in [0.15, 0.2) is 0 Å². The first-order valence-corrected chi connectivity index (χ1v) is 16.8. The van der Waals surface area contributed by atoms with Crippen molar-refractivity contribution in [2.24, 2.45) is 0 Å². The zero-order valence-electron chi connectivity index (χ0n) is 26.1. The Balaban J connectivity index is 1.83. The zero-order chi connectivity index (χ0) is 32.6. The van der Waals surface area contributed by atoms with E-state index >= 15 is 0 Å². The summed E-state index contributed by atoms with van der Waals surface area (Å²) in [5.74, 6) is -0.831. The number of amides is 2. The highest BCUT2D eigenvalue weighted by molar-refractivity contribution is 7.92. The molecule has 0 aliphatic rings. The average molecular weight is 646 g/mol. The molecule has 0 saturated carbocycles. The maximum Gasteiger partial charge on any atom is 0.264 e. The monoisotopic (exact) mass is 645 g/mol. The zero-order valence-corrected chi connectivity index (χ0v) is 27.7. The van der Waals surface area contributed by atoms with Crippen LogP contribution in [0.15, 0.2) is 108 Å². The minimum atomic E-state index is -4.16. The van der Waals surface area contributed by atoms with Crippen LogP contribution in [-0.4, -0.2) is 43.8 Å². The first kappa shape index (κ1) is 33.7. The van der Waals surface area contributed by atoms with Crippen LogP contribution in [-0.2, 0) is 32.6 Å². The molecule has 0 aliphatic heterocycles. The number of sulfonamides is 1. The van der Waals surface area contributed by atoms with Gasteiger partial charge in [-0.3, -0.25) is 13.9 Å². The van der Waals surface area contributed by atoms with Crippen LogP contribution in [0.2, 0.25) is 5.02 Å². The van der Waals surface area contributed by atoms with Gasteiger partial charge in [-0.1, -0.05) is 96.9 Å². The molecule has 2 unspecified atom stereocenters. The van der Waals surface area contributed by atoms with Crippen LogP contribution >= 0.6 is 11.6 Å². The third kappa shape index (κ3) is 8.74. The van der Waals surface area contributed by atoms with Crippen molar-refractivity contribution in [1.29, 1.82) is 0 Å². The predicted molar refractivity (Wildman–Crippen MR) is 181 cm³/mol. The van der Waals surface area contributed by atoms with E-state index in [4.69, 9.17) is 11.6 Å². The second kappa shape index (κ2) is 15.2. The van der Waals surface area contributed by atoms with Crippen molar-refractivity contribution in [3.63, 3.8) is 0 Å². The van der Waals surface area contributed by atoms with Crippen LogP contribution in [0.5, 0.6) is 0 Å². The maximum absolute atomic E-state index is 14.6. The van der Waals surface area contributed by atoms with Crippen molar-refractivity contribution in [2.75, 3.05) is 10.8 Å². The number of anilines is 1. The fourth-order valence-corrected chi connectivity index (χ4v) is 6.86. The molecular formula is C36H40ClN3O4S. The molecule has 0 spiro atoms. The molecule has 236 valence electrons. The number of nitrogens with zero attached hydrogens (tertiary/aromatic N) is 2. The molecule has 0 aliphatic carbocycles. The van der Waals surface area contributed by atoms with E-state index in [0.717, 1.165) is 15.4 Å². The standard InChI is InChI=1S/C36H40ClN3O4S/c1-5-28(4)38-36(42)34(23-29-13-8-6-9-14-29)39(24-30-15-12-16-31(37)22-30)35(41)25-40(33-20-19-26(2)21-27(33)3)45(43,44)32-17-10-7-11-18-32/h6-22,28,34H,5,23-25H2,1-4H3,(H,38,42). The van der Waals surface area contributed by atoms with Crippen molar-refractivity contribution in [1.82, 2.24) is 10.2 Å². The normalized spacial score (nSPS) is 12.6. The van der Waals surface area contributed by atoms with E-state index in [9.17, 15) is 18.0 Å². The second-order valence-corrected chi connectivity index (χ2v) is 13.6. The lowest BCUT2D eigenvalue weighted by Gasteiger charge is -2.34. The van der Waals surface area contributed by atoms with Crippen LogP contribution in [0.4, 0.5) is 5.69 Å². The van der Waals surface area contributed by atoms with Gasteiger partial charge in [0.05, 0.1) is 10.6 Å². The highest BCUT2D eigenvalue weighted by atomic mass is 35.5. The molecule has 0 radical (unpaired) electrons. The SMILES string of the molecule is CCC(C)NC(=O)C(Cc1ccccc1)N(Cc1cccc(Cl)c1)C(=O)CN(c1ccc(C)cc1C)S(=O)(=O)c1ccccc1. The Kier molecular flexibility index (Phi) is 11.4. The molecule has 0 aromatic heterocycles. The molecule has 0 bridgehead atoms. The molecule has 0 fully saturated rings. The number of benzene rings is 4. The lowest BCUT2D eigenvalue weighted by atomic mass is 10.0. The van der Waals surface area contributed by atoms with Crippen molar-refractivity contribution in [3.8, 4) is 0 Å². The Bertz CT molecular complexity index is 1720. The van der Waals surface area contributed by atoms with Crippen LogP contribution in [0, 0.1) is 13.8 Å². The molecule has 1 N–H and O–H groups in total. The summed E-state index contributed by atoms with van der Waals surface area (Å²) in [4.78, 5) is 30.0. The van der Waals surface area contributed by atoms with Crippen LogP contribution in [0.25, 0.3) is 0 Å². The van der Waals surface area contributed by atoms with E-state index in [2.05, 4.69) is 5.32 Å². The molecule has 9 heteroatoms. The Morgan fingerprint density at radius 1 is 0.844 bits per heavy atom. The minimum absolute atomic E-state index is 0.0525. The number of rotatable bonds is 13. The van der Waals surface area contributed by atoms with E-state index < -0.39 is 28.5 Å². The maximum atomic E-state index is 14.6. The topological polar surface area (TPSA) is 86.8 Å². The summed E-state index contributed by atoms with van der Waals surface area (Å²) in [7, 11) is -4.16. The van der Waals surface area contributed by atoms with Crippen molar-refractivity contribution in [3.05, 3.63) is 130 Å². The Morgan fingerprint density at radius 2 is 1.49 bits per heavy atom. The van der Waals surface area contributed by atoms with Gasteiger partial charge in [0.1, 0.15) is 12.6 Å². The van der Waals surface area contributed by atoms with E-state index in [1.54, 1.807) is 42.5 Å². The van der Waals surface area contributed by atoms with Crippen molar-refractivity contribution < 1.29 is 18.0 Å². The number of hydrogen-bond acceptors (Lipinski definition) is 4. The quantitative estimate of drug-likeness (QED) is 0.175. The van der Waals surface area contributed by atoms with Gasteiger partial charge in [-0.25, -0.2) is 8.42 Å². The summed E-state index contributed by atoms with van der Waals surface area (Å²) in [6, 6.07) is 29.0. The van der Waals surface area contributed by atoms with E-state index in [1.807, 2.05) is 76.2 Å². The summed E-state index contributed by atoms with van der Waals surface area (Å²) in [5.41, 5.74) is 3.65. The number of carbonyl (C=O) groups is 2. The minimum Gasteiger partial charge on any atom is -0.352 e. The van der Waals surface area contributed by atoms with Crippen LogP contribution < -0.4 is 9.62 Å². The van der Waals surface area contributed by atoms with Gasteiger partial charge < -0.3 is 10.2 Å². The molecule has 0 heterocycles. The lowest BCUT2D eigenvalue weighted by Crippen LogP contribution is -2.54. The van der Waals surface area contributed by atoms with Crippen LogP contribution in [0.3, 0.4) is 0 Å². The highest BCUT2D eigenvalue weighted by Crippen LogP contribution is 2.28. The molecular weight excluding hydrogens is 606 g/mol. The van der Waals surface area contributed by atoms with Gasteiger partial charge in [-0.15, -0.1) is 0 Å². The van der Waals surface area contributed by atoms with E-state index in [0.29, 0.717) is 28.3 Å². The number of aryl methyl sites for hydroxylation is 2. The predicted octanol–water partition coefficient (Wildman–Crippen LogP) is 6.71. The third-order valence-electron chi connectivity index (χ3n) is 7.75. The Labute approximate surface area is 271 Å². The summed E-state index contributed by atoms with van der Waals surface area (Å²) in [6.07, 6.45) is 0.951. The van der Waals surface area contributed by atoms with Gasteiger partial charge in [-0.2, -0.15) is 0 Å². The number of halogens is 1. The van der Waals surface area contributed by atoms with Crippen LogP contribution in [0.1, 0.15) is 42.5 Å². The first-order chi connectivity index (χ1) is 21.5. The fraction of sp³-hybridized carbons (Fsp3) is 0.278. The molecule has 4 aromatic rings. The molecule has 2 amide bonds. The summed E-state index contributed by atoms with van der Waals surface area (Å²) in [6.45, 7) is 7.17. The summed E-state index contributed by atoms with van der Waals surface area (Å²) in [5, 5.41) is 3.54. The number of carbonyl (C=O) groups excluding carboxylic acids is 2. The largest absolute Gasteiger partial charge is 0.352 e. The van der Waals surface area contributed by atoms with Gasteiger partial charge >= 0.3 is 0 Å². The molecule has 45 heavy (non-hydrogen) atoms. The summed E-state index contributed by atoms with van der Waals surface area (Å²) >= 11 is 6.32. The molecule has 0 saturated heterocycles. The lowest BCUT2D eigenvalue weighted by molar-refractivity contribution is -0.140. The molecule has 7 nitrogen and oxygen atoms in total. The van der Waals surface area contributed by atoms with Crippen molar-refractivity contribution >= 4 is 39.1 Å². The van der Waals surface area contributed by atoms with E-state index in [-0.39, 0.29) is 29.8 Å². The molecule has 2 atom stereocenters. The second-order valence-electron chi connectivity index (χ2n) is 11.3. The number of hydrogen-bond donors (Lipinski definition) is 1. The molecule has 4 rings (SSSR count). The van der Waals surface area contributed by atoms with Gasteiger partial charge in [0.25, 0.3) is 10.0 Å². The van der Waals surface area contributed by atoms with Gasteiger partial charge in [-0.05, 0) is 74.2 Å². The first-order valence-electron chi connectivity index (χ1n) is 15.0. The highest BCUT2D eigenvalue weighted by Gasteiger charge is 2.35. The van der Waals surface area contributed by atoms with Crippen molar-refractivity contribution in [2.45, 2.75) is 64.1 Å². The smallest absolute Gasteiger partial charge is 0.264 e. The van der Waals surface area contributed by atoms with Gasteiger partial charge in [0, 0.05) is 24.0 Å². The van der Waals surface area contributed by atoms with Gasteiger partial charge in [0.2, 0.25) is 11.8 Å². The number of nitrogens with one attached hydrogen (secondary N) is 1.